The summed E-state index contributed by atoms with van der Waals surface area (Å²) in [5.74, 6) is -0.120. The number of rotatable bonds is 6. The number of hydrogen-bond acceptors (Lipinski definition) is 5. The molecule has 1 unspecified atom stereocenters. The van der Waals surface area contributed by atoms with Crippen LogP contribution in [0.5, 0.6) is 0 Å². The lowest BCUT2D eigenvalue weighted by molar-refractivity contribution is -0.144. The molecule has 0 aliphatic carbocycles. The SMILES string of the molecule is CCCc1noc(C(C(=O)OCC)c2ccccc2)n1. The highest BCUT2D eigenvalue weighted by molar-refractivity contribution is 5.80. The quantitative estimate of drug-likeness (QED) is 0.758. The molecule has 2 rings (SSSR count). The molecule has 0 saturated heterocycles. The molecule has 1 atom stereocenters. The minimum absolute atomic E-state index is 0.290. The van der Waals surface area contributed by atoms with Crippen molar-refractivity contribution in [2.75, 3.05) is 6.61 Å². The molecule has 106 valence electrons. The van der Waals surface area contributed by atoms with E-state index in [-0.39, 0.29) is 11.9 Å². The van der Waals surface area contributed by atoms with E-state index in [2.05, 4.69) is 10.1 Å². The normalized spacial score (nSPS) is 12.1. The van der Waals surface area contributed by atoms with Gasteiger partial charge in [0.25, 0.3) is 0 Å². The first kappa shape index (κ1) is 14.2. The van der Waals surface area contributed by atoms with Gasteiger partial charge in [0.15, 0.2) is 11.7 Å². The van der Waals surface area contributed by atoms with Gasteiger partial charge in [-0.2, -0.15) is 4.98 Å². The predicted molar refractivity (Wildman–Crippen MR) is 73.2 cm³/mol. The molecule has 0 radical (unpaired) electrons. The lowest BCUT2D eigenvalue weighted by Gasteiger charge is -2.11. The summed E-state index contributed by atoms with van der Waals surface area (Å²) in [5, 5.41) is 3.90. The first-order chi connectivity index (χ1) is 9.76. The summed E-state index contributed by atoms with van der Waals surface area (Å²) < 4.78 is 10.4. The average molecular weight is 274 g/mol. The molecule has 0 aliphatic rings. The maximum absolute atomic E-state index is 12.2. The predicted octanol–water partition coefficient (Wildman–Crippen LogP) is 2.72. The van der Waals surface area contributed by atoms with E-state index in [1.165, 1.54) is 0 Å². The first-order valence-electron chi connectivity index (χ1n) is 6.80. The highest BCUT2D eigenvalue weighted by Crippen LogP contribution is 2.25. The maximum Gasteiger partial charge on any atom is 0.323 e. The summed E-state index contributed by atoms with van der Waals surface area (Å²) in [6.07, 6.45) is 1.65. The Labute approximate surface area is 118 Å². The third-order valence-electron chi connectivity index (χ3n) is 2.86. The van der Waals surface area contributed by atoms with E-state index in [1.54, 1.807) is 6.92 Å². The van der Waals surface area contributed by atoms with Crippen LogP contribution in [0, 0.1) is 0 Å². The molecule has 0 amide bonds. The summed E-state index contributed by atoms with van der Waals surface area (Å²) in [6, 6.07) is 9.33. The van der Waals surface area contributed by atoms with E-state index in [1.807, 2.05) is 37.3 Å². The van der Waals surface area contributed by atoms with Crippen molar-refractivity contribution in [3.05, 3.63) is 47.6 Å². The molecule has 5 nitrogen and oxygen atoms in total. The van der Waals surface area contributed by atoms with E-state index >= 15 is 0 Å². The van der Waals surface area contributed by atoms with E-state index in [0.717, 1.165) is 18.4 Å². The second kappa shape index (κ2) is 6.84. The van der Waals surface area contributed by atoms with Crippen LogP contribution in [0.15, 0.2) is 34.9 Å². The van der Waals surface area contributed by atoms with Gasteiger partial charge >= 0.3 is 5.97 Å². The summed E-state index contributed by atoms with van der Waals surface area (Å²) in [6.45, 7) is 4.13. The highest BCUT2D eigenvalue weighted by atomic mass is 16.5. The third kappa shape index (κ3) is 3.23. The second-order valence-corrected chi connectivity index (χ2v) is 4.39. The van der Waals surface area contributed by atoms with Crippen LogP contribution in [0.4, 0.5) is 0 Å². The molecule has 20 heavy (non-hydrogen) atoms. The van der Waals surface area contributed by atoms with Crippen LogP contribution in [0.3, 0.4) is 0 Å². The van der Waals surface area contributed by atoms with Crippen molar-refractivity contribution < 1.29 is 14.1 Å². The van der Waals surface area contributed by atoms with Crippen LogP contribution in [0.25, 0.3) is 0 Å². The second-order valence-electron chi connectivity index (χ2n) is 4.39. The van der Waals surface area contributed by atoms with Crippen molar-refractivity contribution >= 4 is 5.97 Å². The van der Waals surface area contributed by atoms with E-state index in [0.29, 0.717) is 12.4 Å². The molecule has 0 spiro atoms. The van der Waals surface area contributed by atoms with Crippen molar-refractivity contribution in [3.63, 3.8) is 0 Å². The number of aryl methyl sites for hydroxylation is 1. The molecular weight excluding hydrogens is 256 g/mol. The van der Waals surface area contributed by atoms with Crippen molar-refractivity contribution in [3.8, 4) is 0 Å². The monoisotopic (exact) mass is 274 g/mol. The van der Waals surface area contributed by atoms with Gasteiger partial charge in [0.2, 0.25) is 5.89 Å². The van der Waals surface area contributed by atoms with Gasteiger partial charge in [-0.25, -0.2) is 0 Å². The standard InChI is InChI=1S/C15H18N2O3/c1-3-8-12-16-14(20-17-12)13(15(18)19-4-2)11-9-6-5-7-10-11/h5-7,9-10,13H,3-4,8H2,1-2H3. The minimum Gasteiger partial charge on any atom is -0.465 e. The fourth-order valence-corrected chi connectivity index (χ4v) is 1.96. The van der Waals surface area contributed by atoms with Gasteiger partial charge in [0, 0.05) is 6.42 Å². The molecule has 0 bridgehead atoms. The fraction of sp³-hybridized carbons (Fsp3) is 0.400. The van der Waals surface area contributed by atoms with E-state index < -0.39 is 5.92 Å². The Morgan fingerprint density at radius 3 is 2.70 bits per heavy atom. The van der Waals surface area contributed by atoms with Crippen molar-refractivity contribution in [2.24, 2.45) is 0 Å². The number of carbonyl (C=O) groups excluding carboxylic acids is 1. The number of aromatic nitrogens is 2. The number of esters is 1. The molecule has 1 heterocycles. The Morgan fingerprint density at radius 2 is 2.05 bits per heavy atom. The van der Waals surface area contributed by atoms with E-state index in [4.69, 9.17) is 9.26 Å². The first-order valence-corrected chi connectivity index (χ1v) is 6.80. The molecule has 0 saturated carbocycles. The van der Waals surface area contributed by atoms with Gasteiger partial charge in [-0.3, -0.25) is 4.79 Å². The van der Waals surface area contributed by atoms with Crippen molar-refractivity contribution in [1.82, 2.24) is 10.1 Å². The number of ether oxygens (including phenoxy) is 1. The largest absolute Gasteiger partial charge is 0.465 e. The molecule has 5 heteroatoms. The van der Waals surface area contributed by atoms with Crippen LogP contribution >= 0.6 is 0 Å². The van der Waals surface area contributed by atoms with Gasteiger partial charge in [0.05, 0.1) is 6.61 Å². The summed E-state index contributed by atoms with van der Waals surface area (Å²) in [7, 11) is 0. The van der Waals surface area contributed by atoms with Gasteiger partial charge in [0.1, 0.15) is 0 Å². The van der Waals surface area contributed by atoms with Crippen molar-refractivity contribution in [1.29, 1.82) is 0 Å². The zero-order valence-corrected chi connectivity index (χ0v) is 11.7. The number of carbonyl (C=O) groups is 1. The zero-order valence-electron chi connectivity index (χ0n) is 11.7. The summed E-state index contributed by atoms with van der Waals surface area (Å²) in [5.41, 5.74) is 0.789. The van der Waals surface area contributed by atoms with Gasteiger partial charge < -0.3 is 9.26 Å². The molecule has 1 aromatic heterocycles. The van der Waals surface area contributed by atoms with Gasteiger partial charge in [-0.1, -0.05) is 42.4 Å². The van der Waals surface area contributed by atoms with Crippen molar-refractivity contribution in [2.45, 2.75) is 32.6 Å². The topological polar surface area (TPSA) is 65.2 Å². The molecule has 0 aliphatic heterocycles. The highest BCUT2D eigenvalue weighted by Gasteiger charge is 2.29. The Kier molecular flexibility index (Phi) is 4.87. The molecule has 2 aromatic rings. The van der Waals surface area contributed by atoms with E-state index in [9.17, 15) is 4.79 Å². The fourth-order valence-electron chi connectivity index (χ4n) is 1.96. The van der Waals surface area contributed by atoms with Crippen LogP contribution in [-0.4, -0.2) is 22.7 Å². The number of hydrogen-bond donors (Lipinski definition) is 0. The van der Waals surface area contributed by atoms with Crippen LogP contribution < -0.4 is 0 Å². The molecule has 0 N–H and O–H groups in total. The molecular formula is C15H18N2O3. The Morgan fingerprint density at radius 1 is 1.30 bits per heavy atom. The molecule has 0 fully saturated rings. The zero-order chi connectivity index (χ0) is 14.4. The van der Waals surface area contributed by atoms with Crippen LogP contribution in [0.2, 0.25) is 0 Å². The lowest BCUT2D eigenvalue weighted by atomic mass is 9.99. The summed E-state index contributed by atoms with van der Waals surface area (Å²) >= 11 is 0. The summed E-state index contributed by atoms with van der Waals surface area (Å²) in [4.78, 5) is 16.5. The lowest BCUT2D eigenvalue weighted by Crippen LogP contribution is -2.17. The van der Waals surface area contributed by atoms with Gasteiger partial charge in [-0.15, -0.1) is 0 Å². The number of benzene rings is 1. The smallest absolute Gasteiger partial charge is 0.323 e. The number of nitrogens with zero attached hydrogens (tertiary/aromatic N) is 2. The van der Waals surface area contributed by atoms with Crippen LogP contribution in [-0.2, 0) is 16.0 Å². The Hall–Kier alpha value is -2.17. The third-order valence-corrected chi connectivity index (χ3v) is 2.86. The Balaban J connectivity index is 2.32. The minimum atomic E-state index is -0.658. The van der Waals surface area contributed by atoms with Crippen LogP contribution in [0.1, 0.15) is 43.5 Å². The molecule has 1 aromatic carbocycles. The van der Waals surface area contributed by atoms with Gasteiger partial charge in [-0.05, 0) is 18.9 Å². The Bertz CT molecular complexity index is 551. The maximum atomic E-state index is 12.2. The average Bonchev–Trinajstić information content (AvgIpc) is 2.89.